The summed E-state index contributed by atoms with van der Waals surface area (Å²) in [5.41, 5.74) is 3.30. The summed E-state index contributed by atoms with van der Waals surface area (Å²) in [4.78, 5) is 11.6. The molecule has 0 saturated heterocycles. The molecule has 0 aromatic heterocycles. The van der Waals surface area contributed by atoms with Gasteiger partial charge in [-0.15, -0.1) is 0 Å². The third-order valence-corrected chi connectivity index (χ3v) is 3.08. The molecular formula is C17H18O3. The first-order valence-electron chi connectivity index (χ1n) is 6.55. The van der Waals surface area contributed by atoms with E-state index in [1.54, 1.807) is 0 Å². The number of hydrogen-bond donors (Lipinski definition) is 0. The predicted molar refractivity (Wildman–Crippen MR) is 77.6 cm³/mol. The fraction of sp³-hybridized carbons (Fsp3) is 0.235. The predicted octanol–water partition coefficient (Wildman–Crippen LogP) is 3.43. The van der Waals surface area contributed by atoms with E-state index in [-0.39, 0.29) is 19.2 Å². The normalized spacial score (nSPS) is 10.1. The number of hydrogen-bond acceptors (Lipinski definition) is 3. The third kappa shape index (κ3) is 4.12. The van der Waals surface area contributed by atoms with Gasteiger partial charge in [-0.3, -0.25) is 0 Å². The molecule has 3 nitrogen and oxygen atoms in total. The van der Waals surface area contributed by atoms with Crippen molar-refractivity contribution in [3.8, 4) is 5.75 Å². The number of ether oxygens (including phenoxy) is 2. The molecule has 104 valence electrons. The smallest absolute Gasteiger partial charge is 0.344 e. The van der Waals surface area contributed by atoms with Gasteiger partial charge in [0.15, 0.2) is 6.61 Å². The van der Waals surface area contributed by atoms with Crippen LogP contribution in [0.3, 0.4) is 0 Å². The van der Waals surface area contributed by atoms with Crippen LogP contribution >= 0.6 is 0 Å². The van der Waals surface area contributed by atoms with Crippen LogP contribution in [0, 0.1) is 13.8 Å². The maximum atomic E-state index is 11.6. The average Bonchev–Trinajstić information content (AvgIpc) is 2.47. The molecule has 0 amide bonds. The molecule has 2 aromatic rings. The van der Waals surface area contributed by atoms with Crippen LogP contribution in [0.25, 0.3) is 0 Å². The van der Waals surface area contributed by atoms with Gasteiger partial charge in [0.2, 0.25) is 0 Å². The Morgan fingerprint density at radius 1 is 1.00 bits per heavy atom. The SMILES string of the molecule is Cc1ccc(OCC(=O)OCc2ccccc2)cc1C. The number of benzene rings is 2. The van der Waals surface area contributed by atoms with Crippen molar-refractivity contribution in [1.29, 1.82) is 0 Å². The molecule has 0 heterocycles. The maximum absolute atomic E-state index is 11.6. The molecule has 0 atom stereocenters. The first kappa shape index (κ1) is 14.1. The Morgan fingerprint density at radius 3 is 2.45 bits per heavy atom. The van der Waals surface area contributed by atoms with Crippen molar-refractivity contribution in [2.24, 2.45) is 0 Å². The monoisotopic (exact) mass is 270 g/mol. The quantitative estimate of drug-likeness (QED) is 0.781. The molecular weight excluding hydrogens is 252 g/mol. The lowest BCUT2D eigenvalue weighted by molar-refractivity contribution is -0.147. The van der Waals surface area contributed by atoms with Crippen LogP contribution in [0.15, 0.2) is 48.5 Å². The highest BCUT2D eigenvalue weighted by Gasteiger charge is 2.05. The highest BCUT2D eigenvalue weighted by molar-refractivity contribution is 5.71. The lowest BCUT2D eigenvalue weighted by Crippen LogP contribution is -2.14. The van der Waals surface area contributed by atoms with Crippen LogP contribution in [0.4, 0.5) is 0 Å². The van der Waals surface area contributed by atoms with Crippen LogP contribution in [-0.2, 0) is 16.1 Å². The third-order valence-electron chi connectivity index (χ3n) is 3.08. The summed E-state index contributed by atoms with van der Waals surface area (Å²) >= 11 is 0. The molecule has 0 aliphatic carbocycles. The molecule has 0 aliphatic rings. The van der Waals surface area contributed by atoms with E-state index in [4.69, 9.17) is 9.47 Å². The van der Waals surface area contributed by atoms with Gasteiger partial charge in [-0.2, -0.15) is 0 Å². The molecule has 0 aliphatic heterocycles. The number of carbonyl (C=O) groups excluding carboxylic acids is 1. The van der Waals surface area contributed by atoms with Gasteiger partial charge in [-0.05, 0) is 42.7 Å². The fourth-order valence-electron chi connectivity index (χ4n) is 1.73. The largest absolute Gasteiger partial charge is 0.482 e. The molecule has 0 saturated carbocycles. The van der Waals surface area contributed by atoms with E-state index in [0.717, 1.165) is 11.1 Å². The van der Waals surface area contributed by atoms with Crippen LogP contribution in [0.1, 0.15) is 16.7 Å². The Kier molecular flexibility index (Phi) is 4.77. The van der Waals surface area contributed by atoms with Gasteiger partial charge >= 0.3 is 5.97 Å². The van der Waals surface area contributed by atoms with Crippen molar-refractivity contribution in [2.75, 3.05) is 6.61 Å². The molecule has 0 fully saturated rings. The van der Waals surface area contributed by atoms with E-state index >= 15 is 0 Å². The van der Waals surface area contributed by atoms with Crippen LogP contribution < -0.4 is 4.74 Å². The fourth-order valence-corrected chi connectivity index (χ4v) is 1.73. The molecule has 0 bridgehead atoms. The maximum Gasteiger partial charge on any atom is 0.344 e. The minimum atomic E-state index is -0.368. The van der Waals surface area contributed by atoms with E-state index < -0.39 is 0 Å². The van der Waals surface area contributed by atoms with Gasteiger partial charge in [0.1, 0.15) is 12.4 Å². The highest BCUT2D eigenvalue weighted by atomic mass is 16.6. The molecule has 2 rings (SSSR count). The lowest BCUT2D eigenvalue weighted by atomic mass is 10.1. The molecule has 0 N–H and O–H groups in total. The first-order chi connectivity index (χ1) is 9.65. The summed E-state index contributed by atoms with van der Waals surface area (Å²) in [5, 5.41) is 0. The first-order valence-corrected chi connectivity index (χ1v) is 6.55. The van der Waals surface area contributed by atoms with E-state index in [9.17, 15) is 4.79 Å². The molecule has 3 heteroatoms. The lowest BCUT2D eigenvalue weighted by Gasteiger charge is -2.08. The van der Waals surface area contributed by atoms with Gasteiger partial charge in [-0.25, -0.2) is 4.79 Å². The van der Waals surface area contributed by atoms with Gasteiger partial charge in [0.05, 0.1) is 0 Å². The minimum absolute atomic E-state index is 0.0741. The second kappa shape index (κ2) is 6.75. The summed E-state index contributed by atoms with van der Waals surface area (Å²) in [7, 11) is 0. The number of rotatable bonds is 5. The molecule has 0 radical (unpaired) electrons. The summed E-state index contributed by atoms with van der Waals surface area (Å²) in [6.07, 6.45) is 0. The van der Waals surface area contributed by atoms with Crippen molar-refractivity contribution in [2.45, 2.75) is 20.5 Å². The Bertz CT molecular complexity index is 576. The van der Waals surface area contributed by atoms with Crippen molar-refractivity contribution in [1.82, 2.24) is 0 Å². The molecule has 0 spiro atoms. The Hall–Kier alpha value is -2.29. The van der Waals surface area contributed by atoms with E-state index in [1.807, 2.05) is 62.4 Å². The Morgan fingerprint density at radius 2 is 1.75 bits per heavy atom. The standard InChI is InChI=1S/C17H18O3/c1-13-8-9-16(10-14(13)2)19-12-17(18)20-11-15-6-4-3-5-7-15/h3-10H,11-12H2,1-2H3. The van der Waals surface area contributed by atoms with Crippen molar-refractivity contribution >= 4 is 5.97 Å². The van der Waals surface area contributed by atoms with Gasteiger partial charge in [0.25, 0.3) is 0 Å². The van der Waals surface area contributed by atoms with Crippen molar-refractivity contribution < 1.29 is 14.3 Å². The van der Waals surface area contributed by atoms with Gasteiger partial charge in [-0.1, -0.05) is 36.4 Å². The van der Waals surface area contributed by atoms with Crippen LogP contribution in [0.5, 0.6) is 5.75 Å². The Labute approximate surface area is 119 Å². The number of carbonyl (C=O) groups is 1. The highest BCUT2D eigenvalue weighted by Crippen LogP contribution is 2.16. The zero-order valence-electron chi connectivity index (χ0n) is 11.8. The van der Waals surface area contributed by atoms with Crippen LogP contribution in [0.2, 0.25) is 0 Å². The zero-order chi connectivity index (χ0) is 14.4. The van der Waals surface area contributed by atoms with Crippen LogP contribution in [-0.4, -0.2) is 12.6 Å². The minimum Gasteiger partial charge on any atom is -0.482 e. The molecule has 2 aromatic carbocycles. The second-order valence-corrected chi connectivity index (χ2v) is 4.68. The summed E-state index contributed by atoms with van der Waals surface area (Å²) in [5.74, 6) is 0.317. The average molecular weight is 270 g/mol. The van der Waals surface area contributed by atoms with Crippen molar-refractivity contribution in [3.63, 3.8) is 0 Å². The second-order valence-electron chi connectivity index (χ2n) is 4.68. The van der Waals surface area contributed by atoms with E-state index in [1.165, 1.54) is 5.56 Å². The molecule has 20 heavy (non-hydrogen) atoms. The Balaban J connectivity index is 1.79. The van der Waals surface area contributed by atoms with E-state index in [0.29, 0.717) is 5.75 Å². The van der Waals surface area contributed by atoms with E-state index in [2.05, 4.69) is 0 Å². The molecule has 0 unspecified atom stereocenters. The summed E-state index contributed by atoms with van der Waals surface area (Å²) in [6, 6.07) is 15.3. The number of aryl methyl sites for hydroxylation is 2. The number of esters is 1. The zero-order valence-corrected chi connectivity index (χ0v) is 11.8. The van der Waals surface area contributed by atoms with Gasteiger partial charge in [0, 0.05) is 0 Å². The topological polar surface area (TPSA) is 35.5 Å². The summed E-state index contributed by atoms with van der Waals surface area (Å²) < 4.78 is 10.6. The summed E-state index contributed by atoms with van der Waals surface area (Å²) in [6.45, 7) is 4.24. The van der Waals surface area contributed by atoms with Crippen molar-refractivity contribution in [3.05, 3.63) is 65.2 Å². The van der Waals surface area contributed by atoms with Gasteiger partial charge < -0.3 is 9.47 Å².